The molecule has 0 spiro atoms. The number of hydrogen-bond acceptors (Lipinski definition) is 5. The summed E-state index contributed by atoms with van der Waals surface area (Å²) in [4.78, 5) is 14.3. The van der Waals surface area contributed by atoms with Crippen molar-refractivity contribution in [3.8, 4) is 5.69 Å². The van der Waals surface area contributed by atoms with Crippen LogP contribution in [0.4, 0.5) is 0 Å². The van der Waals surface area contributed by atoms with Gasteiger partial charge in [0.2, 0.25) is 10.0 Å². The molecular formula is C18H25N5O3S. The summed E-state index contributed by atoms with van der Waals surface area (Å²) in [6.07, 6.45) is 5.37. The van der Waals surface area contributed by atoms with Crippen LogP contribution in [0, 0.1) is 0 Å². The van der Waals surface area contributed by atoms with Crippen molar-refractivity contribution in [3.63, 3.8) is 0 Å². The Morgan fingerprint density at radius 3 is 2.41 bits per heavy atom. The lowest BCUT2D eigenvalue weighted by Crippen LogP contribution is -2.52. The zero-order valence-corrected chi connectivity index (χ0v) is 16.5. The van der Waals surface area contributed by atoms with Gasteiger partial charge in [-0.1, -0.05) is 12.1 Å². The van der Waals surface area contributed by atoms with Crippen molar-refractivity contribution in [1.29, 1.82) is 0 Å². The first-order valence-corrected chi connectivity index (χ1v) is 10.5. The van der Waals surface area contributed by atoms with E-state index in [9.17, 15) is 13.2 Å². The van der Waals surface area contributed by atoms with Crippen molar-refractivity contribution in [2.24, 2.45) is 0 Å². The summed E-state index contributed by atoms with van der Waals surface area (Å²) in [7, 11) is -3.48. The maximum atomic E-state index is 12.9. The van der Waals surface area contributed by atoms with Crippen LogP contribution in [0.15, 0.2) is 36.7 Å². The summed E-state index contributed by atoms with van der Waals surface area (Å²) in [6.45, 7) is 4.97. The fourth-order valence-electron chi connectivity index (χ4n) is 3.08. The normalized spacial score (nSPS) is 20.6. The van der Waals surface area contributed by atoms with Gasteiger partial charge in [0, 0.05) is 12.1 Å². The summed E-state index contributed by atoms with van der Waals surface area (Å²) in [5.74, 6) is -0.269. The Labute approximate surface area is 159 Å². The highest BCUT2D eigenvalue weighted by molar-refractivity contribution is 7.90. The van der Waals surface area contributed by atoms with Gasteiger partial charge in [-0.05, 0) is 52.2 Å². The molecule has 2 aromatic rings. The van der Waals surface area contributed by atoms with Crippen LogP contribution in [0.2, 0.25) is 0 Å². The Kier molecular flexibility index (Phi) is 5.34. The topological polar surface area (TPSA) is 106 Å². The average molecular weight is 391 g/mol. The van der Waals surface area contributed by atoms with E-state index in [1.165, 1.54) is 4.80 Å². The second kappa shape index (κ2) is 7.40. The van der Waals surface area contributed by atoms with Crippen LogP contribution in [-0.4, -0.2) is 46.1 Å². The van der Waals surface area contributed by atoms with Gasteiger partial charge in [-0.2, -0.15) is 15.0 Å². The van der Waals surface area contributed by atoms with Crippen LogP contribution in [0.5, 0.6) is 0 Å². The third kappa shape index (κ3) is 4.19. The molecule has 1 aliphatic carbocycles. The molecule has 1 saturated carbocycles. The number of hydrogen-bond donors (Lipinski definition) is 2. The maximum absolute atomic E-state index is 12.9. The lowest BCUT2D eigenvalue weighted by Gasteiger charge is -2.27. The van der Waals surface area contributed by atoms with Crippen LogP contribution in [0.1, 0.15) is 50.4 Å². The zero-order chi connectivity index (χ0) is 19.7. The number of aromatic nitrogens is 3. The number of benzene rings is 1. The molecule has 146 valence electrons. The quantitative estimate of drug-likeness (QED) is 0.806. The monoisotopic (exact) mass is 391 g/mol. The van der Waals surface area contributed by atoms with E-state index < -0.39 is 14.8 Å². The second-order valence-corrected chi connectivity index (χ2v) is 10.2. The summed E-state index contributed by atoms with van der Waals surface area (Å²) in [5, 5.41) is 11.2. The standard InChI is InChI=1S/C18H25N5O3S/c1-18(2,3)27(25,26)22-15-9-6-8-14(15)21-17(24)13-7-4-5-10-16(13)23-19-11-12-20-23/h4-5,7,10-12,14-15,22H,6,8-9H2,1-3H3,(H,21,24)/t14-,15-/m0/s1. The molecule has 1 aromatic carbocycles. The molecule has 1 aliphatic rings. The number of amides is 1. The number of carbonyl (C=O) groups excluding carboxylic acids is 1. The smallest absolute Gasteiger partial charge is 0.253 e. The van der Waals surface area contributed by atoms with Crippen molar-refractivity contribution < 1.29 is 13.2 Å². The van der Waals surface area contributed by atoms with Crippen molar-refractivity contribution >= 4 is 15.9 Å². The Balaban J connectivity index is 1.77. The Morgan fingerprint density at radius 1 is 1.11 bits per heavy atom. The number of para-hydroxylation sites is 1. The molecule has 0 saturated heterocycles. The van der Waals surface area contributed by atoms with Crippen molar-refractivity contribution in [2.75, 3.05) is 0 Å². The number of sulfonamides is 1. The first kappa shape index (κ1) is 19.5. The third-order valence-corrected chi connectivity index (χ3v) is 6.95. The average Bonchev–Trinajstić information content (AvgIpc) is 3.26. The fraction of sp³-hybridized carbons (Fsp3) is 0.500. The molecule has 0 bridgehead atoms. The third-order valence-electron chi connectivity index (χ3n) is 4.73. The minimum atomic E-state index is -3.48. The largest absolute Gasteiger partial charge is 0.348 e. The van der Waals surface area contributed by atoms with Gasteiger partial charge < -0.3 is 5.32 Å². The van der Waals surface area contributed by atoms with Gasteiger partial charge in [0.25, 0.3) is 5.91 Å². The maximum Gasteiger partial charge on any atom is 0.253 e. The van der Waals surface area contributed by atoms with Crippen LogP contribution in [-0.2, 0) is 10.0 Å². The number of nitrogens with zero attached hydrogens (tertiary/aromatic N) is 3. The molecule has 8 nitrogen and oxygen atoms in total. The molecular weight excluding hydrogens is 366 g/mol. The summed E-state index contributed by atoms with van der Waals surface area (Å²) >= 11 is 0. The van der Waals surface area contributed by atoms with Gasteiger partial charge in [0.1, 0.15) is 0 Å². The summed E-state index contributed by atoms with van der Waals surface area (Å²) in [6, 6.07) is 6.49. The number of carbonyl (C=O) groups is 1. The van der Waals surface area contributed by atoms with Gasteiger partial charge in [0.05, 0.1) is 28.4 Å². The van der Waals surface area contributed by atoms with Gasteiger partial charge in [-0.15, -0.1) is 0 Å². The molecule has 1 amide bonds. The van der Waals surface area contributed by atoms with Gasteiger partial charge in [0.15, 0.2) is 0 Å². The Hall–Kier alpha value is -2.26. The predicted molar refractivity (Wildman–Crippen MR) is 102 cm³/mol. The van der Waals surface area contributed by atoms with E-state index in [-0.39, 0.29) is 18.0 Å². The van der Waals surface area contributed by atoms with E-state index in [4.69, 9.17) is 0 Å². The second-order valence-electron chi connectivity index (χ2n) is 7.69. The molecule has 1 aromatic heterocycles. The van der Waals surface area contributed by atoms with Crippen molar-refractivity contribution in [3.05, 3.63) is 42.2 Å². The highest BCUT2D eigenvalue weighted by Crippen LogP contribution is 2.24. The first-order chi connectivity index (χ1) is 12.7. The molecule has 0 radical (unpaired) electrons. The lowest BCUT2D eigenvalue weighted by atomic mass is 10.1. The van der Waals surface area contributed by atoms with Gasteiger partial charge in [-0.25, -0.2) is 13.1 Å². The van der Waals surface area contributed by atoms with Crippen molar-refractivity contribution in [1.82, 2.24) is 25.0 Å². The van der Waals surface area contributed by atoms with E-state index in [0.717, 1.165) is 12.8 Å². The van der Waals surface area contributed by atoms with E-state index in [1.54, 1.807) is 51.4 Å². The molecule has 0 unspecified atom stereocenters. The Bertz CT molecular complexity index is 903. The molecule has 3 rings (SSSR count). The SMILES string of the molecule is CC(C)(C)S(=O)(=O)N[C@H]1CCC[C@@H]1NC(=O)c1ccccc1-n1nccn1. The van der Waals surface area contributed by atoms with E-state index >= 15 is 0 Å². The van der Waals surface area contributed by atoms with Gasteiger partial charge in [-0.3, -0.25) is 4.79 Å². The number of rotatable bonds is 5. The lowest BCUT2D eigenvalue weighted by molar-refractivity contribution is 0.0933. The highest BCUT2D eigenvalue weighted by Gasteiger charge is 2.37. The molecule has 1 heterocycles. The molecule has 1 fully saturated rings. The van der Waals surface area contributed by atoms with E-state index in [0.29, 0.717) is 17.7 Å². The van der Waals surface area contributed by atoms with Crippen molar-refractivity contribution in [2.45, 2.75) is 56.9 Å². The molecule has 2 N–H and O–H groups in total. The minimum absolute atomic E-state index is 0.256. The van der Waals surface area contributed by atoms with Crippen LogP contribution < -0.4 is 10.0 Å². The summed E-state index contributed by atoms with van der Waals surface area (Å²) in [5.41, 5.74) is 1.02. The summed E-state index contributed by atoms with van der Waals surface area (Å²) < 4.78 is 26.8. The molecule has 9 heteroatoms. The highest BCUT2D eigenvalue weighted by atomic mass is 32.2. The molecule has 27 heavy (non-hydrogen) atoms. The van der Waals surface area contributed by atoms with E-state index in [2.05, 4.69) is 20.2 Å². The van der Waals surface area contributed by atoms with E-state index in [1.807, 2.05) is 6.07 Å². The van der Waals surface area contributed by atoms with Crippen LogP contribution >= 0.6 is 0 Å². The predicted octanol–water partition coefficient (Wildman–Crippen LogP) is 1.64. The van der Waals surface area contributed by atoms with Crippen LogP contribution in [0.25, 0.3) is 5.69 Å². The van der Waals surface area contributed by atoms with Gasteiger partial charge >= 0.3 is 0 Å². The number of nitrogens with one attached hydrogen (secondary N) is 2. The molecule has 2 atom stereocenters. The van der Waals surface area contributed by atoms with Crippen LogP contribution in [0.3, 0.4) is 0 Å². The fourth-order valence-corrected chi connectivity index (χ4v) is 4.11. The minimum Gasteiger partial charge on any atom is -0.348 e. The zero-order valence-electron chi connectivity index (χ0n) is 15.7. The Morgan fingerprint density at radius 2 is 1.74 bits per heavy atom. The first-order valence-electron chi connectivity index (χ1n) is 8.97. The molecule has 0 aliphatic heterocycles.